The van der Waals surface area contributed by atoms with E-state index in [9.17, 15) is 4.79 Å². The SMILES string of the molecule is CC1(C)OC=C(COC(=O)c2cccnc2)O1. The van der Waals surface area contributed by atoms with E-state index in [4.69, 9.17) is 14.2 Å². The van der Waals surface area contributed by atoms with Crippen molar-refractivity contribution in [3.05, 3.63) is 42.1 Å². The van der Waals surface area contributed by atoms with Gasteiger partial charge in [-0.2, -0.15) is 0 Å². The smallest absolute Gasteiger partial charge is 0.340 e. The van der Waals surface area contributed by atoms with Gasteiger partial charge in [0.25, 0.3) is 0 Å². The number of esters is 1. The van der Waals surface area contributed by atoms with E-state index in [1.165, 1.54) is 12.5 Å². The molecule has 2 rings (SSSR count). The van der Waals surface area contributed by atoms with Gasteiger partial charge in [-0.3, -0.25) is 4.98 Å². The fraction of sp³-hybridized carbons (Fsp3) is 0.333. The molecule has 2 heterocycles. The zero-order valence-corrected chi connectivity index (χ0v) is 9.67. The summed E-state index contributed by atoms with van der Waals surface area (Å²) in [5.41, 5.74) is 0.409. The predicted molar refractivity (Wildman–Crippen MR) is 58.9 cm³/mol. The number of carbonyl (C=O) groups is 1. The van der Waals surface area contributed by atoms with Gasteiger partial charge < -0.3 is 14.2 Å². The van der Waals surface area contributed by atoms with Crippen LogP contribution in [0.25, 0.3) is 0 Å². The Balaban J connectivity index is 1.86. The summed E-state index contributed by atoms with van der Waals surface area (Å²) in [6, 6.07) is 3.31. The summed E-state index contributed by atoms with van der Waals surface area (Å²) >= 11 is 0. The zero-order chi connectivity index (χ0) is 12.3. The summed E-state index contributed by atoms with van der Waals surface area (Å²) in [4.78, 5) is 15.4. The van der Waals surface area contributed by atoms with Crippen LogP contribution in [0.5, 0.6) is 0 Å². The van der Waals surface area contributed by atoms with E-state index in [0.29, 0.717) is 11.3 Å². The molecule has 0 saturated heterocycles. The molecule has 0 N–H and O–H groups in total. The molecule has 1 aromatic rings. The van der Waals surface area contributed by atoms with Crippen LogP contribution in [-0.4, -0.2) is 23.3 Å². The lowest BCUT2D eigenvalue weighted by atomic mass is 10.3. The standard InChI is InChI=1S/C12H13NO4/c1-12(2)16-8-10(17-12)7-15-11(14)9-4-3-5-13-6-9/h3-6,8H,7H2,1-2H3. The van der Waals surface area contributed by atoms with Gasteiger partial charge in [0.15, 0.2) is 12.4 Å². The van der Waals surface area contributed by atoms with Gasteiger partial charge in [-0.05, 0) is 12.1 Å². The van der Waals surface area contributed by atoms with E-state index in [1.54, 1.807) is 32.2 Å². The van der Waals surface area contributed by atoms with E-state index in [1.807, 2.05) is 0 Å². The Bertz CT molecular complexity index is 439. The fourth-order valence-corrected chi connectivity index (χ4v) is 1.34. The molecule has 90 valence electrons. The first-order valence-electron chi connectivity index (χ1n) is 5.20. The molecule has 1 aromatic heterocycles. The largest absolute Gasteiger partial charge is 0.457 e. The van der Waals surface area contributed by atoms with Gasteiger partial charge >= 0.3 is 5.97 Å². The Morgan fingerprint density at radius 1 is 1.53 bits per heavy atom. The molecule has 5 heteroatoms. The quantitative estimate of drug-likeness (QED) is 0.748. The summed E-state index contributed by atoms with van der Waals surface area (Å²) in [7, 11) is 0. The molecular formula is C12H13NO4. The van der Waals surface area contributed by atoms with Crippen molar-refractivity contribution in [1.82, 2.24) is 4.98 Å². The summed E-state index contributed by atoms with van der Waals surface area (Å²) in [5.74, 6) is -0.629. The average molecular weight is 235 g/mol. The Morgan fingerprint density at radius 3 is 2.94 bits per heavy atom. The van der Waals surface area contributed by atoms with Crippen molar-refractivity contribution in [1.29, 1.82) is 0 Å². The van der Waals surface area contributed by atoms with E-state index < -0.39 is 11.8 Å². The minimum Gasteiger partial charge on any atom is -0.457 e. The molecule has 17 heavy (non-hydrogen) atoms. The molecule has 0 atom stereocenters. The van der Waals surface area contributed by atoms with Crippen LogP contribution in [0.15, 0.2) is 36.5 Å². The molecule has 0 saturated carbocycles. The van der Waals surface area contributed by atoms with Gasteiger partial charge in [0, 0.05) is 26.2 Å². The molecular weight excluding hydrogens is 222 g/mol. The summed E-state index contributed by atoms with van der Waals surface area (Å²) in [6.45, 7) is 3.61. The lowest BCUT2D eigenvalue weighted by Crippen LogP contribution is -2.21. The molecule has 0 bridgehead atoms. The summed E-state index contributed by atoms with van der Waals surface area (Å²) < 4.78 is 15.6. The molecule has 0 aromatic carbocycles. The normalized spacial score (nSPS) is 16.7. The third-order valence-corrected chi connectivity index (χ3v) is 2.09. The Hall–Kier alpha value is -2.04. The number of hydrogen-bond donors (Lipinski definition) is 0. The molecule has 5 nitrogen and oxygen atoms in total. The number of ether oxygens (including phenoxy) is 3. The number of rotatable bonds is 3. The fourth-order valence-electron chi connectivity index (χ4n) is 1.34. The predicted octanol–water partition coefficient (Wildman–Crippen LogP) is 1.86. The highest BCUT2D eigenvalue weighted by molar-refractivity contribution is 5.88. The number of pyridine rings is 1. The average Bonchev–Trinajstić information content (AvgIpc) is 2.67. The highest BCUT2D eigenvalue weighted by atomic mass is 16.7. The van der Waals surface area contributed by atoms with E-state index in [2.05, 4.69) is 4.98 Å². The third kappa shape index (κ3) is 2.96. The van der Waals surface area contributed by atoms with Crippen molar-refractivity contribution < 1.29 is 19.0 Å². The monoisotopic (exact) mass is 235 g/mol. The van der Waals surface area contributed by atoms with E-state index in [-0.39, 0.29) is 6.61 Å². The second-order valence-electron chi connectivity index (χ2n) is 4.02. The molecule has 0 aliphatic carbocycles. The maximum absolute atomic E-state index is 11.6. The molecule has 0 radical (unpaired) electrons. The van der Waals surface area contributed by atoms with Gasteiger partial charge in [-0.15, -0.1) is 0 Å². The van der Waals surface area contributed by atoms with E-state index in [0.717, 1.165) is 0 Å². The molecule has 1 aliphatic rings. The van der Waals surface area contributed by atoms with Gasteiger partial charge in [-0.1, -0.05) is 0 Å². The van der Waals surface area contributed by atoms with Crippen LogP contribution in [-0.2, 0) is 14.2 Å². The highest BCUT2D eigenvalue weighted by Crippen LogP contribution is 2.24. The summed E-state index contributed by atoms with van der Waals surface area (Å²) in [5, 5.41) is 0. The number of carbonyl (C=O) groups excluding carboxylic acids is 1. The number of nitrogens with zero attached hydrogens (tertiary/aromatic N) is 1. The third-order valence-electron chi connectivity index (χ3n) is 2.09. The van der Waals surface area contributed by atoms with Crippen LogP contribution in [0.2, 0.25) is 0 Å². The molecule has 0 spiro atoms. The van der Waals surface area contributed by atoms with Crippen molar-refractivity contribution >= 4 is 5.97 Å². The van der Waals surface area contributed by atoms with Gasteiger partial charge in [0.1, 0.15) is 6.26 Å². The zero-order valence-electron chi connectivity index (χ0n) is 9.67. The van der Waals surface area contributed by atoms with Crippen molar-refractivity contribution in [3.63, 3.8) is 0 Å². The van der Waals surface area contributed by atoms with Crippen LogP contribution in [0.1, 0.15) is 24.2 Å². The van der Waals surface area contributed by atoms with Crippen LogP contribution >= 0.6 is 0 Å². The first kappa shape index (κ1) is 11.4. The van der Waals surface area contributed by atoms with Crippen LogP contribution in [0.3, 0.4) is 0 Å². The number of hydrogen-bond acceptors (Lipinski definition) is 5. The maximum atomic E-state index is 11.6. The van der Waals surface area contributed by atoms with Crippen molar-refractivity contribution in [3.8, 4) is 0 Å². The van der Waals surface area contributed by atoms with Crippen molar-refractivity contribution in [2.45, 2.75) is 19.6 Å². The maximum Gasteiger partial charge on any atom is 0.340 e. The van der Waals surface area contributed by atoms with Crippen LogP contribution < -0.4 is 0 Å². The van der Waals surface area contributed by atoms with Gasteiger partial charge in [-0.25, -0.2) is 4.79 Å². The second kappa shape index (κ2) is 4.45. The van der Waals surface area contributed by atoms with Crippen LogP contribution in [0, 0.1) is 0 Å². The molecule has 0 unspecified atom stereocenters. The summed E-state index contributed by atoms with van der Waals surface area (Å²) in [6.07, 6.45) is 4.50. The van der Waals surface area contributed by atoms with Crippen molar-refractivity contribution in [2.24, 2.45) is 0 Å². The molecule has 0 fully saturated rings. The Morgan fingerprint density at radius 2 is 2.35 bits per heavy atom. The van der Waals surface area contributed by atoms with Gasteiger partial charge in [0.2, 0.25) is 5.79 Å². The minimum atomic E-state index is -0.684. The van der Waals surface area contributed by atoms with E-state index >= 15 is 0 Å². The van der Waals surface area contributed by atoms with Crippen molar-refractivity contribution in [2.75, 3.05) is 6.61 Å². The Kier molecular flexibility index (Phi) is 2.99. The molecule has 0 amide bonds. The van der Waals surface area contributed by atoms with Gasteiger partial charge in [0.05, 0.1) is 5.56 Å². The number of aromatic nitrogens is 1. The molecule has 1 aliphatic heterocycles. The first-order valence-corrected chi connectivity index (χ1v) is 5.20. The lowest BCUT2D eigenvalue weighted by molar-refractivity contribution is -0.120. The Labute approximate surface area is 99.0 Å². The second-order valence-corrected chi connectivity index (χ2v) is 4.02. The van der Waals surface area contributed by atoms with Crippen LogP contribution in [0.4, 0.5) is 0 Å². The minimum absolute atomic E-state index is 0.0527. The highest BCUT2D eigenvalue weighted by Gasteiger charge is 2.28. The lowest BCUT2D eigenvalue weighted by Gasteiger charge is -2.18. The first-order chi connectivity index (χ1) is 8.07. The topological polar surface area (TPSA) is 57.7 Å².